The molecule has 1 aliphatic heterocycles. The number of pyridine rings is 3. The number of nitrogen functional groups attached to an aromatic ring is 1. The van der Waals surface area contributed by atoms with Crippen molar-refractivity contribution in [1.29, 1.82) is 0 Å². The predicted molar refractivity (Wildman–Crippen MR) is 161 cm³/mol. The molecule has 1 aliphatic rings. The van der Waals surface area contributed by atoms with E-state index >= 15 is 4.39 Å². The van der Waals surface area contributed by atoms with Crippen LogP contribution in [0, 0.1) is 5.82 Å². The lowest BCUT2D eigenvalue weighted by molar-refractivity contribution is -0.126. The van der Waals surface area contributed by atoms with Crippen LogP contribution in [0.3, 0.4) is 0 Å². The Kier molecular flexibility index (Phi) is 7.73. The van der Waals surface area contributed by atoms with E-state index in [9.17, 15) is 18.0 Å². The molecule has 1 atom stereocenters. The maximum absolute atomic E-state index is 15.9. The topological polar surface area (TPSA) is 157 Å². The van der Waals surface area contributed by atoms with Gasteiger partial charge in [0.1, 0.15) is 17.2 Å². The molecule has 0 aromatic carbocycles. The summed E-state index contributed by atoms with van der Waals surface area (Å²) in [7, 11) is -3.87. The molecule has 14 heteroatoms. The van der Waals surface area contributed by atoms with Crippen LogP contribution in [-0.4, -0.2) is 75.7 Å². The molecular weight excluding hydrogens is 575 g/mol. The van der Waals surface area contributed by atoms with Crippen LogP contribution in [0.1, 0.15) is 32.4 Å². The zero-order valence-electron chi connectivity index (χ0n) is 24.2. The van der Waals surface area contributed by atoms with Crippen LogP contribution in [0.5, 0.6) is 0 Å². The largest absolute Gasteiger partial charge is 0.397 e. The molecule has 0 radical (unpaired) electrons. The van der Waals surface area contributed by atoms with Crippen molar-refractivity contribution in [3.05, 3.63) is 71.3 Å². The number of sulfone groups is 1. The van der Waals surface area contributed by atoms with Crippen molar-refractivity contribution in [1.82, 2.24) is 29.4 Å². The van der Waals surface area contributed by atoms with Gasteiger partial charge in [-0.15, -0.1) is 0 Å². The molecule has 5 rings (SSSR count). The Balaban J connectivity index is 1.88. The van der Waals surface area contributed by atoms with Gasteiger partial charge in [0.25, 0.3) is 0 Å². The predicted octanol–water partition coefficient (Wildman–Crippen LogP) is 2.71. The Hall–Kier alpha value is -4.72. The minimum Gasteiger partial charge on any atom is -0.397 e. The Morgan fingerprint density at radius 1 is 1.16 bits per heavy atom. The molecule has 0 aliphatic carbocycles. The molecule has 5 heterocycles. The Labute approximate surface area is 247 Å². The number of halogens is 1. The molecule has 2 N–H and O–H groups in total. The van der Waals surface area contributed by atoms with E-state index in [1.54, 1.807) is 21.9 Å². The second-order valence-electron chi connectivity index (χ2n) is 10.7. The minimum absolute atomic E-state index is 0.0115. The van der Waals surface area contributed by atoms with Crippen LogP contribution in [0.2, 0.25) is 0 Å². The maximum Gasteiger partial charge on any atom is 0.355 e. The van der Waals surface area contributed by atoms with Gasteiger partial charge >= 0.3 is 5.69 Å². The highest BCUT2D eigenvalue weighted by Gasteiger charge is 2.31. The molecule has 1 amide bonds. The van der Waals surface area contributed by atoms with Gasteiger partial charge in [-0.05, 0) is 43.2 Å². The molecule has 0 spiro atoms. The van der Waals surface area contributed by atoms with E-state index in [1.807, 2.05) is 20.8 Å². The molecule has 1 saturated heterocycles. The standard InChI is InChI=1S/C29H31FN8O4S/c1-6-22(39)36-12-13-37(17(4)15-36)27-18-14-19(30)24(25-20(31)8-7-10-32-25)34-28(18)38(29(40)35-27)26-21(43(5,41)42)9-11-33-23(26)16(2)3/h6-11,14,16-17H,1,12-13,15,31H2,2-5H3/t17-/m0/s1. The number of rotatable bonds is 6. The van der Waals surface area contributed by atoms with Gasteiger partial charge in [0.15, 0.2) is 21.3 Å². The normalized spacial score (nSPS) is 15.7. The van der Waals surface area contributed by atoms with Gasteiger partial charge in [0.05, 0.1) is 27.4 Å². The number of hydrogen-bond donors (Lipinski definition) is 1. The molecule has 0 bridgehead atoms. The number of piperazine rings is 1. The van der Waals surface area contributed by atoms with Gasteiger partial charge in [0.2, 0.25) is 5.91 Å². The molecule has 4 aromatic rings. The molecule has 4 aromatic heterocycles. The zero-order chi connectivity index (χ0) is 31.2. The summed E-state index contributed by atoms with van der Waals surface area (Å²) in [6.07, 6.45) is 5.07. The summed E-state index contributed by atoms with van der Waals surface area (Å²) >= 11 is 0. The highest BCUT2D eigenvalue weighted by molar-refractivity contribution is 7.90. The van der Waals surface area contributed by atoms with Gasteiger partial charge < -0.3 is 15.5 Å². The van der Waals surface area contributed by atoms with E-state index in [2.05, 4.69) is 26.5 Å². The first-order chi connectivity index (χ1) is 20.3. The van der Waals surface area contributed by atoms with Crippen LogP contribution in [0.15, 0.2) is 59.0 Å². The molecule has 0 saturated carbocycles. The van der Waals surface area contributed by atoms with Crippen molar-refractivity contribution in [2.75, 3.05) is 36.5 Å². The third-order valence-electron chi connectivity index (χ3n) is 7.34. The third kappa shape index (κ3) is 5.33. The maximum atomic E-state index is 15.9. The van der Waals surface area contributed by atoms with E-state index in [4.69, 9.17) is 5.73 Å². The van der Waals surface area contributed by atoms with E-state index in [0.29, 0.717) is 25.3 Å². The highest BCUT2D eigenvalue weighted by atomic mass is 32.2. The number of carbonyl (C=O) groups excluding carboxylic acids is 1. The van der Waals surface area contributed by atoms with Crippen molar-refractivity contribution < 1.29 is 17.6 Å². The summed E-state index contributed by atoms with van der Waals surface area (Å²) < 4.78 is 42.9. The summed E-state index contributed by atoms with van der Waals surface area (Å²) in [4.78, 5) is 47.1. The molecule has 12 nitrogen and oxygen atoms in total. The van der Waals surface area contributed by atoms with Gasteiger partial charge in [-0.2, -0.15) is 4.98 Å². The fourth-order valence-electron chi connectivity index (χ4n) is 5.31. The second-order valence-corrected chi connectivity index (χ2v) is 12.7. The van der Waals surface area contributed by atoms with E-state index in [1.165, 1.54) is 30.6 Å². The summed E-state index contributed by atoms with van der Waals surface area (Å²) in [5.41, 5.74) is 5.54. The molecule has 0 unspecified atom stereocenters. The van der Waals surface area contributed by atoms with Crippen molar-refractivity contribution >= 4 is 38.3 Å². The van der Waals surface area contributed by atoms with Gasteiger partial charge in [0, 0.05) is 44.3 Å². The van der Waals surface area contributed by atoms with Crippen LogP contribution in [0.25, 0.3) is 28.1 Å². The van der Waals surface area contributed by atoms with Gasteiger partial charge in [-0.25, -0.2) is 27.2 Å². The zero-order valence-corrected chi connectivity index (χ0v) is 25.0. The Morgan fingerprint density at radius 3 is 2.53 bits per heavy atom. The van der Waals surface area contributed by atoms with Crippen LogP contribution < -0.4 is 16.3 Å². The number of carbonyl (C=O) groups is 1. The number of nitrogens with two attached hydrogens (primary N) is 1. The monoisotopic (exact) mass is 606 g/mol. The highest BCUT2D eigenvalue weighted by Crippen LogP contribution is 2.35. The van der Waals surface area contributed by atoms with Crippen molar-refractivity contribution in [2.24, 2.45) is 0 Å². The van der Waals surface area contributed by atoms with Crippen LogP contribution >= 0.6 is 0 Å². The summed E-state index contributed by atoms with van der Waals surface area (Å²) in [5, 5.41) is 0.156. The number of nitrogens with zero attached hydrogens (tertiary/aromatic N) is 7. The quantitative estimate of drug-likeness (QED) is 0.324. The number of anilines is 2. The Bertz CT molecular complexity index is 1940. The summed E-state index contributed by atoms with van der Waals surface area (Å²) in [5.74, 6) is -1.15. The average Bonchev–Trinajstić information content (AvgIpc) is 2.96. The smallest absolute Gasteiger partial charge is 0.355 e. The molecule has 43 heavy (non-hydrogen) atoms. The lowest BCUT2D eigenvalue weighted by Gasteiger charge is -2.40. The van der Waals surface area contributed by atoms with Crippen LogP contribution in [0.4, 0.5) is 15.9 Å². The molecular formula is C29H31FN8O4S. The van der Waals surface area contributed by atoms with E-state index < -0.39 is 21.3 Å². The fourth-order valence-corrected chi connectivity index (χ4v) is 6.16. The number of fused-ring (bicyclic) bond motifs is 1. The third-order valence-corrected chi connectivity index (χ3v) is 8.46. The molecule has 224 valence electrons. The van der Waals surface area contributed by atoms with E-state index in [0.717, 1.165) is 10.8 Å². The van der Waals surface area contributed by atoms with Crippen LogP contribution in [-0.2, 0) is 14.6 Å². The Morgan fingerprint density at radius 2 is 1.91 bits per heavy atom. The van der Waals surface area contributed by atoms with E-state index in [-0.39, 0.29) is 62.4 Å². The average molecular weight is 607 g/mol. The number of hydrogen-bond acceptors (Lipinski definition) is 10. The van der Waals surface area contributed by atoms with Crippen molar-refractivity contribution in [2.45, 2.75) is 37.6 Å². The molecule has 1 fully saturated rings. The first-order valence-electron chi connectivity index (χ1n) is 13.5. The minimum atomic E-state index is -3.87. The SMILES string of the molecule is C=CC(=O)N1CCN(c2nc(=O)n(-c3c(S(C)(=O)=O)ccnc3C(C)C)c3nc(-c4ncccc4N)c(F)cc23)[C@@H](C)C1. The summed E-state index contributed by atoms with van der Waals surface area (Å²) in [6.45, 7) is 9.95. The number of amides is 1. The van der Waals surface area contributed by atoms with Crippen molar-refractivity contribution in [3.63, 3.8) is 0 Å². The van der Waals surface area contributed by atoms with Gasteiger partial charge in [-0.1, -0.05) is 20.4 Å². The summed E-state index contributed by atoms with van der Waals surface area (Å²) in [6, 6.07) is 5.33. The van der Waals surface area contributed by atoms with Crippen molar-refractivity contribution in [3.8, 4) is 17.1 Å². The first-order valence-corrected chi connectivity index (χ1v) is 15.4. The lowest BCUT2D eigenvalue weighted by atomic mass is 10.1. The lowest BCUT2D eigenvalue weighted by Crippen LogP contribution is -2.54. The first kappa shape index (κ1) is 29.8. The number of aromatic nitrogens is 5. The van der Waals surface area contributed by atoms with Gasteiger partial charge in [-0.3, -0.25) is 14.8 Å². The fraction of sp³-hybridized carbons (Fsp3) is 0.310. The second kappa shape index (κ2) is 11.2.